The molecule has 2 aromatic heterocycles. The summed E-state index contributed by atoms with van der Waals surface area (Å²) in [4.78, 5) is 25.5. The molecule has 36 heavy (non-hydrogen) atoms. The number of carbonyl (C=O) groups excluding carboxylic acids is 1. The number of hydrogen-bond donors (Lipinski definition) is 3. The second kappa shape index (κ2) is 10.5. The molecule has 2 aliphatic rings. The van der Waals surface area contributed by atoms with Crippen LogP contribution in [0.4, 0.5) is 22.0 Å². The highest BCUT2D eigenvalue weighted by atomic mass is 35.5. The number of hydrogen-bond acceptors (Lipinski definition) is 7. The Balaban J connectivity index is 1.53. The number of nitrogens with one attached hydrogen (secondary N) is 2. The first kappa shape index (κ1) is 25.3. The van der Waals surface area contributed by atoms with Crippen molar-refractivity contribution in [3.8, 4) is 0 Å². The lowest BCUT2D eigenvalue weighted by molar-refractivity contribution is -0.122. The maximum absolute atomic E-state index is 14.3. The van der Waals surface area contributed by atoms with Crippen LogP contribution >= 0.6 is 34.8 Å². The van der Waals surface area contributed by atoms with Gasteiger partial charge in [0.1, 0.15) is 11.7 Å². The zero-order chi connectivity index (χ0) is 25.4. The number of rotatable bonds is 6. The molecule has 9 nitrogen and oxygen atoms in total. The van der Waals surface area contributed by atoms with Crippen molar-refractivity contribution in [3.63, 3.8) is 0 Å². The maximum atomic E-state index is 14.3. The number of nitrogens with zero attached hydrogens (tertiary/aromatic N) is 4. The van der Waals surface area contributed by atoms with Gasteiger partial charge in [0, 0.05) is 23.6 Å². The van der Waals surface area contributed by atoms with Crippen molar-refractivity contribution in [2.45, 2.75) is 50.4 Å². The van der Waals surface area contributed by atoms with E-state index >= 15 is 0 Å². The quantitative estimate of drug-likeness (QED) is 0.377. The van der Waals surface area contributed by atoms with Crippen molar-refractivity contribution >= 4 is 69.5 Å². The molecule has 0 bridgehead atoms. The molecule has 5 rings (SSSR count). The number of aromatic nitrogens is 4. The Morgan fingerprint density at radius 2 is 1.83 bits per heavy atom. The van der Waals surface area contributed by atoms with Gasteiger partial charge in [-0.2, -0.15) is 4.98 Å². The number of anilines is 3. The third-order valence-corrected chi connectivity index (χ3v) is 7.56. The highest BCUT2D eigenvalue weighted by Gasteiger charge is 2.30. The minimum atomic E-state index is -1.15. The molecular weight excluding hydrogens is 532 g/mol. The summed E-state index contributed by atoms with van der Waals surface area (Å²) in [5.41, 5.74) is 7.11. The number of imidazole rings is 1. The van der Waals surface area contributed by atoms with Gasteiger partial charge in [-0.3, -0.25) is 9.36 Å². The van der Waals surface area contributed by atoms with E-state index in [1.807, 2.05) is 4.57 Å². The molecule has 0 unspecified atom stereocenters. The van der Waals surface area contributed by atoms with Gasteiger partial charge in [0.15, 0.2) is 5.65 Å². The van der Waals surface area contributed by atoms with Crippen LogP contribution in [-0.2, 0) is 9.53 Å². The van der Waals surface area contributed by atoms with E-state index in [1.165, 1.54) is 0 Å². The average Bonchev–Trinajstić information content (AvgIpc) is 3.20. The number of carbonyl (C=O) groups is 1. The van der Waals surface area contributed by atoms with Gasteiger partial charge in [-0.05, 0) is 44.2 Å². The van der Waals surface area contributed by atoms with Gasteiger partial charge in [0.05, 0.1) is 34.6 Å². The summed E-state index contributed by atoms with van der Waals surface area (Å²) in [6, 6.07) is 2.72. The van der Waals surface area contributed by atoms with E-state index in [0.29, 0.717) is 82.5 Å². The van der Waals surface area contributed by atoms with E-state index in [-0.39, 0.29) is 24.5 Å². The second-order valence-corrected chi connectivity index (χ2v) is 10.4. The fraction of sp³-hybridized carbons (Fsp3) is 0.478. The molecule has 3 aromatic rings. The van der Waals surface area contributed by atoms with E-state index in [4.69, 9.17) is 55.2 Å². The van der Waals surface area contributed by atoms with Gasteiger partial charge in [0.2, 0.25) is 17.8 Å². The fourth-order valence-electron chi connectivity index (χ4n) is 4.82. The number of nitrogens with two attached hydrogens (primary N) is 1. The molecule has 1 amide bonds. The summed E-state index contributed by atoms with van der Waals surface area (Å²) in [5, 5.41) is 7.43. The number of primary amides is 1. The Bertz CT molecular complexity index is 1260. The largest absolute Gasteiger partial charge is 0.378 e. The summed E-state index contributed by atoms with van der Waals surface area (Å²) in [6.07, 6.45) is 3.67. The van der Waals surface area contributed by atoms with Crippen molar-refractivity contribution in [2.24, 2.45) is 11.7 Å². The third kappa shape index (κ3) is 5.18. The summed E-state index contributed by atoms with van der Waals surface area (Å²) in [6.45, 7) is 0.510. The van der Waals surface area contributed by atoms with E-state index in [0.717, 1.165) is 0 Å². The first-order valence-corrected chi connectivity index (χ1v) is 12.9. The van der Waals surface area contributed by atoms with Gasteiger partial charge < -0.3 is 21.1 Å². The highest BCUT2D eigenvalue weighted by molar-refractivity contribution is 6.41. The van der Waals surface area contributed by atoms with E-state index in [9.17, 15) is 9.18 Å². The van der Waals surface area contributed by atoms with Crippen LogP contribution in [0.2, 0.25) is 15.1 Å². The van der Waals surface area contributed by atoms with Gasteiger partial charge in [-0.25, -0.2) is 14.4 Å². The van der Waals surface area contributed by atoms with Crippen LogP contribution in [0.15, 0.2) is 18.3 Å². The lowest BCUT2D eigenvalue weighted by atomic mass is 9.85. The highest BCUT2D eigenvalue weighted by Crippen LogP contribution is 2.40. The third-order valence-electron chi connectivity index (χ3n) is 6.74. The molecular formula is C23H25Cl3FN7O2. The summed E-state index contributed by atoms with van der Waals surface area (Å²) in [7, 11) is 0. The standard InChI is InChI=1S/C23H25Cl3FN7O2/c24-12-7-14(25)19(15(26)8-12)32-23-31-18-9-29-22(30-17-5-6-36-10-16(17)27)33-21(18)34(23)13-3-1-11(2-4-13)20(28)35/h7-9,11,13,16-17H,1-6,10H2,(H2,28,35)(H,31,32)(H,29,30,33)/t11-,13+,16-,17-/m0/s1. The number of ether oxygens (including phenoxy) is 1. The Labute approximate surface area is 221 Å². The number of halogens is 4. The molecule has 2 atom stereocenters. The first-order chi connectivity index (χ1) is 17.3. The second-order valence-electron chi connectivity index (χ2n) is 9.12. The number of amides is 1. The molecule has 0 spiro atoms. The van der Waals surface area contributed by atoms with Crippen molar-refractivity contribution < 1.29 is 13.9 Å². The zero-order valence-corrected chi connectivity index (χ0v) is 21.5. The number of alkyl halides is 1. The molecule has 1 saturated carbocycles. The molecule has 2 fully saturated rings. The minimum absolute atomic E-state index is 0.0160. The van der Waals surface area contributed by atoms with Crippen molar-refractivity contribution in [3.05, 3.63) is 33.4 Å². The SMILES string of the molecule is NC(=O)[C@H]1CC[C@@H](n2c(Nc3c(Cl)cc(Cl)cc3Cl)nc3cnc(N[C@H]4CCOC[C@@H]4F)nc32)CC1. The zero-order valence-electron chi connectivity index (χ0n) is 19.2. The van der Waals surface area contributed by atoms with E-state index in [2.05, 4.69) is 15.6 Å². The fourth-order valence-corrected chi connectivity index (χ4v) is 5.73. The van der Waals surface area contributed by atoms with Crippen molar-refractivity contribution in [1.29, 1.82) is 0 Å². The topological polar surface area (TPSA) is 120 Å². The minimum Gasteiger partial charge on any atom is -0.378 e. The Morgan fingerprint density at radius 3 is 2.50 bits per heavy atom. The molecule has 1 saturated heterocycles. The predicted molar refractivity (Wildman–Crippen MR) is 138 cm³/mol. The number of fused-ring (bicyclic) bond motifs is 1. The molecule has 0 radical (unpaired) electrons. The lowest BCUT2D eigenvalue weighted by Crippen LogP contribution is -2.39. The molecule has 192 valence electrons. The van der Waals surface area contributed by atoms with Crippen molar-refractivity contribution in [2.75, 3.05) is 23.8 Å². The first-order valence-electron chi connectivity index (χ1n) is 11.7. The molecule has 1 aromatic carbocycles. The molecule has 4 N–H and O–H groups in total. The van der Waals surface area contributed by atoms with Crippen LogP contribution in [0, 0.1) is 5.92 Å². The summed E-state index contributed by atoms with van der Waals surface area (Å²) < 4.78 is 21.5. The molecule has 1 aliphatic carbocycles. The predicted octanol–water partition coefficient (Wildman–Crippen LogP) is 5.29. The van der Waals surface area contributed by atoms with Crippen LogP contribution in [0.3, 0.4) is 0 Å². The summed E-state index contributed by atoms with van der Waals surface area (Å²) in [5.74, 6) is 0.334. The Morgan fingerprint density at radius 1 is 1.11 bits per heavy atom. The van der Waals surface area contributed by atoms with Crippen LogP contribution in [0.25, 0.3) is 11.2 Å². The monoisotopic (exact) mass is 555 g/mol. The van der Waals surface area contributed by atoms with E-state index < -0.39 is 12.2 Å². The van der Waals surface area contributed by atoms with E-state index in [1.54, 1.807) is 18.3 Å². The van der Waals surface area contributed by atoms with Crippen LogP contribution in [0.5, 0.6) is 0 Å². The van der Waals surface area contributed by atoms with Crippen molar-refractivity contribution in [1.82, 2.24) is 19.5 Å². The van der Waals surface area contributed by atoms with Gasteiger partial charge >= 0.3 is 0 Å². The average molecular weight is 557 g/mol. The van der Waals surface area contributed by atoms with Gasteiger partial charge in [-0.1, -0.05) is 34.8 Å². The number of benzene rings is 1. The smallest absolute Gasteiger partial charge is 0.225 e. The lowest BCUT2D eigenvalue weighted by Gasteiger charge is -2.29. The molecule has 3 heterocycles. The van der Waals surface area contributed by atoms with Crippen LogP contribution < -0.4 is 16.4 Å². The van der Waals surface area contributed by atoms with Gasteiger partial charge in [0.25, 0.3) is 0 Å². The van der Waals surface area contributed by atoms with Gasteiger partial charge in [-0.15, -0.1) is 0 Å². The van der Waals surface area contributed by atoms with Crippen LogP contribution in [-0.4, -0.2) is 50.9 Å². The molecule has 1 aliphatic heterocycles. The Hall–Kier alpha value is -2.40. The normalized spacial score (nSPS) is 24.6. The molecule has 13 heteroatoms. The maximum Gasteiger partial charge on any atom is 0.225 e. The summed E-state index contributed by atoms with van der Waals surface area (Å²) >= 11 is 18.9. The Kier molecular flexibility index (Phi) is 7.39. The van der Waals surface area contributed by atoms with Crippen LogP contribution in [0.1, 0.15) is 38.1 Å².